The van der Waals surface area contributed by atoms with E-state index in [4.69, 9.17) is 10.8 Å². The van der Waals surface area contributed by atoms with Crippen molar-refractivity contribution in [2.75, 3.05) is 52.4 Å². The molecule has 0 radical (unpaired) electrons. The highest BCUT2D eigenvalue weighted by atomic mass is 16.4. The van der Waals surface area contributed by atoms with E-state index in [1.165, 1.54) is 17.3 Å². The molecule has 0 aliphatic carbocycles. The molecule has 8 N–H and O–H groups in total. The summed E-state index contributed by atoms with van der Waals surface area (Å²) in [4.78, 5) is 37.6. The number of hydrogen-bond donors (Lipinski definition) is 7. The van der Waals surface area contributed by atoms with Crippen molar-refractivity contribution in [3.8, 4) is 0 Å². The molecule has 2 aromatic rings. The number of nitrogens with two attached hydrogens (primary N) is 1. The number of aliphatic hydroxyl groups excluding tert-OH is 5. The van der Waals surface area contributed by atoms with Crippen LogP contribution in [0.4, 0.5) is 0 Å². The summed E-state index contributed by atoms with van der Waals surface area (Å²) in [5, 5.41) is 53.4. The Morgan fingerprint density at radius 2 is 1.68 bits per heavy atom. The van der Waals surface area contributed by atoms with E-state index >= 15 is 0 Å². The Morgan fingerprint density at radius 3 is 2.36 bits per heavy atom. The van der Waals surface area contributed by atoms with Crippen molar-refractivity contribution in [2.45, 2.75) is 96.1 Å². The molecule has 1 aliphatic rings. The predicted octanol–water partition coefficient (Wildman–Crippen LogP) is 0.822. The van der Waals surface area contributed by atoms with Crippen LogP contribution in [0.3, 0.4) is 0 Å². The van der Waals surface area contributed by atoms with Gasteiger partial charge in [-0.05, 0) is 81.6 Å². The van der Waals surface area contributed by atoms with Gasteiger partial charge in [-0.1, -0.05) is 50.5 Å². The van der Waals surface area contributed by atoms with Gasteiger partial charge >= 0.3 is 0 Å². The maximum Gasteiger partial charge on any atom is 0.269 e. The highest BCUT2D eigenvalue weighted by Gasteiger charge is 2.31. The van der Waals surface area contributed by atoms with Crippen molar-refractivity contribution in [1.29, 1.82) is 0 Å². The molecule has 50 heavy (non-hydrogen) atoms. The Kier molecular flexibility index (Phi) is 18.2. The first-order valence-electron chi connectivity index (χ1n) is 18.2. The van der Waals surface area contributed by atoms with Gasteiger partial charge in [0.2, 0.25) is 5.91 Å². The third kappa shape index (κ3) is 13.6. The molecule has 0 bridgehead atoms. The molecule has 13 nitrogen and oxygen atoms in total. The summed E-state index contributed by atoms with van der Waals surface area (Å²) in [5.41, 5.74) is 8.87. The van der Waals surface area contributed by atoms with Crippen molar-refractivity contribution in [1.82, 2.24) is 25.1 Å². The molecule has 13 heteroatoms. The Labute approximate surface area is 296 Å². The molecule has 0 spiro atoms. The number of unbranched alkanes of at least 4 members (excludes halogenated alkanes) is 3. The summed E-state index contributed by atoms with van der Waals surface area (Å²) in [6.07, 6.45) is 4.32. The number of nitrogens with one attached hydrogen (secondary N) is 1. The Balaban J connectivity index is 1.49. The summed E-state index contributed by atoms with van der Waals surface area (Å²) in [6, 6.07) is 8.30. The van der Waals surface area contributed by atoms with E-state index in [-0.39, 0.29) is 30.5 Å². The van der Waals surface area contributed by atoms with Crippen LogP contribution in [-0.4, -0.2) is 134 Å². The second-order valence-electron chi connectivity index (χ2n) is 13.8. The number of benzene rings is 1. The summed E-state index contributed by atoms with van der Waals surface area (Å²) >= 11 is 0. The smallest absolute Gasteiger partial charge is 0.269 e. The molecule has 1 saturated heterocycles. The van der Waals surface area contributed by atoms with Crippen LogP contribution < -0.4 is 11.1 Å². The van der Waals surface area contributed by atoms with Crippen LogP contribution >= 0.6 is 0 Å². The Hall–Kier alpha value is -3.04. The summed E-state index contributed by atoms with van der Waals surface area (Å²) in [7, 11) is 0. The van der Waals surface area contributed by atoms with Gasteiger partial charge in [-0.3, -0.25) is 14.6 Å². The van der Waals surface area contributed by atoms with Crippen LogP contribution in [0.2, 0.25) is 0 Å². The van der Waals surface area contributed by atoms with E-state index in [0.29, 0.717) is 44.2 Å². The molecule has 2 amide bonds. The zero-order chi connectivity index (χ0) is 36.5. The minimum Gasteiger partial charge on any atom is -0.394 e. The predicted molar refractivity (Wildman–Crippen MR) is 191 cm³/mol. The average molecular weight is 701 g/mol. The summed E-state index contributed by atoms with van der Waals surface area (Å²) in [6.45, 7) is 7.45. The molecule has 1 aromatic carbocycles. The monoisotopic (exact) mass is 700 g/mol. The fraction of sp³-hybridized carbons (Fsp3) is 0.676. The van der Waals surface area contributed by atoms with Crippen LogP contribution in [-0.2, 0) is 17.6 Å². The van der Waals surface area contributed by atoms with Gasteiger partial charge in [-0.15, -0.1) is 0 Å². The van der Waals surface area contributed by atoms with Crippen molar-refractivity contribution >= 4 is 11.8 Å². The lowest BCUT2D eigenvalue weighted by Gasteiger charge is -2.34. The molecule has 2 heterocycles. The van der Waals surface area contributed by atoms with Crippen LogP contribution in [0.25, 0.3) is 0 Å². The van der Waals surface area contributed by atoms with Gasteiger partial charge in [0.05, 0.1) is 18.4 Å². The molecular weight excluding hydrogens is 640 g/mol. The topological polar surface area (TPSA) is 206 Å². The standard InChI is InChI=1S/C37H60N6O7/c1-3-4-5-8-16-42(24-31(45)35(48)36(49)32(46)25-44)17-13-33(47)43-18-11-27(12-19-43)22-39-23-28(20-29-10-7-6-9-26(29)2)21-30-34(37(38)50)41-15-14-40-30/h6-7,9-10,14-15,27-28,31-32,35-36,39,44-46,48-49H,3-5,8,11-13,16-25H2,1-2H3,(H2,38,50)/t28-,31+,32-,35-,36-/m1/s1. The number of piperidine rings is 1. The first-order chi connectivity index (χ1) is 24.0. The van der Waals surface area contributed by atoms with Gasteiger partial charge in [-0.25, -0.2) is 4.98 Å². The van der Waals surface area contributed by atoms with Crippen LogP contribution in [0.1, 0.15) is 79.2 Å². The van der Waals surface area contributed by atoms with Gasteiger partial charge in [0, 0.05) is 45.0 Å². The zero-order valence-electron chi connectivity index (χ0n) is 29.9. The number of aromatic nitrogens is 2. The SMILES string of the molecule is CCCCCCN(CCC(=O)N1CCC(CNC[C@H](Cc2ccccc2C)Cc2nccnc2C(N)=O)CC1)C[C@H](O)[C@@H](O)[C@H](O)[C@H](O)CO. The van der Waals surface area contributed by atoms with E-state index in [9.17, 15) is 30.0 Å². The van der Waals surface area contributed by atoms with Gasteiger partial charge < -0.3 is 46.4 Å². The molecule has 0 saturated carbocycles. The van der Waals surface area contributed by atoms with Crippen LogP contribution in [0.5, 0.6) is 0 Å². The fourth-order valence-corrected chi connectivity index (χ4v) is 6.64. The third-order valence-electron chi connectivity index (χ3n) is 9.83. The number of primary amides is 1. The lowest BCUT2D eigenvalue weighted by molar-refractivity contribution is -0.133. The number of likely N-dealkylation sites (tertiary alicyclic amines) is 1. The van der Waals surface area contributed by atoms with Gasteiger partial charge in [-0.2, -0.15) is 0 Å². The van der Waals surface area contributed by atoms with Gasteiger partial charge in [0.25, 0.3) is 5.91 Å². The van der Waals surface area contributed by atoms with Crippen LogP contribution in [0.15, 0.2) is 36.7 Å². The van der Waals surface area contributed by atoms with E-state index in [2.05, 4.69) is 41.3 Å². The van der Waals surface area contributed by atoms with E-state index in [1.807, 2.05) is 21.9 Å². The maximum atomic E-state index is 13.2. The molecule has 1 aliphatic heterocycles. The molecular formula is C37H60N6O7. The number of amides is 2. The molecule has 3 rings (SSSR count). The minimum absolute atomic E-state index is 0.0368. The Bertz CT molecular complexity index is 1290. The quantitative estimate of drug-likeness (QED) is 0.0809. The van der Waals surface area contributed by atoms with Crippen molar-refractivity contribution in [3.05, 3.63) is 59.2 Å². The second-order valence-corrected chi connectivity index (χ2v) is 13.8. The normalized spacial score (nSPS) is 17.0. The summed E-state index contributed by atoms with van der Waals surface area (Å²) in [5.74, 6) is 0.0551. The first kappa shape index (κ1) is 41.4. The highest BCUT2D eigenvalue weighted by Crippen LogP contribution is 2.20. The molecule has 280 valence electrons. The number of rotatable bonds is 23. The number of aryl methyl sites for hydroxylation is 1. The lowest BCUT2D eigenvalue weighted by Crippen LogP contribution is -2.50. The maximum absolute atomic E-state index is 13.2. The fourth-order valence-electron chi connectivity index (χ4n) is 6.64. The number of aliphatic hydroxyl groups is 5. The number of nitrogens with zero attached hydrogens (tertiary/aromatic N) is 4. The number of hydrogen-bond acceptors (Lipinski definition) is 11. The van der Waals surface area contributed by atoms with E-state index < -0.39 is 36.9 Å². The van der Waals surface area contributed by atoms with E-state index in [0.717, 1.165) is 58.0 Å². The Morgan fingerprint density at radius 1 is 0.980 bits per heavy atom. The highest BCUT2D eigenvalue weighted by molar-refractivity contribution is 5.91. The summed E-state index contributed by atoms with van der Waals surface area (Å²) < 4.78 is 0. The van der Waals surface area contributed by atoms with Crippen molar-refractivity contribution in [3.63, 3.8) is 0 Å². The van der Waals surface area contributed by atoms with Crippen molar-refractivity contribution in [2.24, 2.45) is 17.6 Å². The number of carbonyl (C=O) groups excluding carboxylic acids is 2. The number of carbonyl (C=O) groups is 2. The lowest BCUT2D eigenvalue weighted by atomic mass is 9.91. The molecule has 0 unspecified atom stereocenters. The zero-order valence-corrected chi connectivity index (χ0v) is 29.9. The molecule has 1 aromatic heterocycles. The average Bonchev–Trinajstić information content (AvgIpc) is 3.12. The second kappa shape index (κ2) is 22.0. The van der Waals surface area contributed by atoms with E-state index in [1.54, 1.807) is 6.20 Å². The molecule has 1 fully saturated rings. The third-order valence-corrected chi connectivity index (χ3v) is 9.83. The van der Waals surface area contributed by atoms with Gasteiger partial charge in [0.1, 0.15) is 24.0 Å². The largest absolute Gasteiger partial charge is 0.394 e. The first-order valence-corrected chi connectivity index (χ1v) is 18.2. The van der Waals surface area contributed by atoms with Crippen LogP contribution in [0, 0.1) is 18.8 Å². The molecule has 5 atom stereocenters. The van der Waals surface area contributed by atoms with Crippen molar-refractivity contribution < 1.29 is 35.1 Å². The minimum atomic E-state index is -1.68. The van der Waals surface area contributed by atoms with Gasteiger partial charge in [0.15, 0.2) is 0 Å².